The summed E-state index contributed by atoms with van der Waals surface area (Å²) in [5, 5.41) is 10.3. The second-order valence-electron chi connectivity index (χ2n) is 2.03. The van der Waals surface area contributed by atoms with Crippen LogP contribution in [-0.4, -0.2) is 16.6 Å². The van der Waals surface area contributed by atoms with Gasteiger partial charge in [-0.2, -0.15) is 0 Å². The summed E-state index contributed by atoms with van der Waals surface area (Å²) in [6.07, 6.45) is 1.62. The number of aliphatic carboxylic acids is 1. The highest BCUT2D eigenvalue weighted by Gasteiger charge is 2.32. The molecular weight excluding hydrogens is 138 g/mol. The SMILES string of the molecule is CC1(C(=O)O)C=CSN1. The van der Waals surface area contributed by atoms with Crippen molar-refractivity contribution in [2.75, 3.05) is 0 Å². The molecule has 1 aliphatic heterocycles. The van der Waals surface area contributed by atoms with Gasteiger partial charge in [0.2, 0.25) is 0 Å². The number of carboxylic acids is 1. The molecule has 0 fully saturated rings. The number of carbonyl (C=O) groups is 1. The monoisotopic (exact) mass is 145 g/mol. The quantitative estimate of drug-likeness (QED) is 0.530. The van der Waals surface area contributed by atoms with E-state index in [4.69, 9.17) is 5.11 Å². The smallest absolute Gasteiger partial charge is 0.328 e. The van der Waals surface area contributed by atoms with Crippen molar-refractivity contribution < 1.29 is 9.90 Å². The van der Waals surface area contributed by atoms with Crippen molar-refractivity contribution in [3.05, 3.63) is 11.5 Å². The first-order valence-corrected chi connectivity index (χ1v) is 3.37. The van der Waals surface area contributed by atoms with Gasteiger partial charge in [0.25, 0.3) is 0 Å². The molecule has 0 aromatic heterocycles. The highest BCUT2D eigenvalue weighted by Crippen LogP contribution is 2.19. The average molecular weight is 145 g/mol. The zero-order valence-electron chi connectivity index (χ0n) is 4.92. The number of carboxylic acid groups (broad SMARTS) is 1. The molecule has 0 bridgehead atoms. The zero-order valence-corrected chi connectivity index (χ0v) is 5.73. The molecule has 3 nitrogen and oxygen atoms in total. The van der Waals surface area contributed by atoms with Crippen LogP contribution in [0.25, 0.3) is 0 Å². The molecular formula is C5H7NO2S. The first kappa shape index (κ1) is 6.64. The van der Waals surface area contributed by atoms with Gasteiger partial charge >= 0.3 is 5.97 Å². The number of hydrogen-bond acceptors (Lipinski definition) is 3. The van der Waals surface area contributed by atoms with E-state index in [2.05, 4.69) is 4.72 Å². The molecule has 0 aromatic carbocycles. The Balaban J connectivity index is 2.74. The molecule has 0 aliphatic carbocycles. The minimum Gasteiger partial charge on any atom is -0.480 e. The lowest BCUT2D eigenvalue weighted by molar-refractivity contribution is -0.141. The fraction of sp³-hybridized carbons (Fsp3) is 0.400. The lowest BCUT2D eigenvalue weighted by atomic mass is 10.1. The summed E-state index contributed by atoms with van der Waals surface area (Å²) >= 11 is 1.30. The Kier molecular flexibility index (Phi) is 1.50. The molecule has 0 saturated heterocycles. The van der Waals surface area contributed by atoms with E-state index in [1.165, 1.54) is 11.9 Å². The summed E-state index contributed by atoms with van der Waals surface area (Å²) in [5.41, 5.74) is -0.856. The summed E-state index contributed by atoms with van der Waals surface area (Å²) in [6, 6.07) is 0. The van der Waals surface area contributed by atoms with Crippen LogP contribution >= 0.6 is 11.9 Å². The zero-order chi connectivity index (χ0) is 6.91. The highest BCUT2D eigenvalue weighted by atomic mass is 32.2. The van der Waals surface area contributed by atoms with Crippen molar-refractivity contribution in [2.45, 2.75) is 12.5 Å². The van der Waals surface area contributed by atoms with Crippen molar-refractivity contribution in [1.82, 2.24) is 4.72 Å². The molecule has 50 valence electrons. The van der Waals surface area contributed by atoms with Gasteiger partial charge in [-0.3, -0.25) is 0 Å². The van der Waals surface area contributed by atoms with E-state index >= 15 is 0 Å². The van der Waals surface area contributed by atoms with E-state index in [-0.39, 0.29) is 0 Å². The maximum Gasteiger partial charge on any atom is 0.328 e. The van der Waals surface area contributed by atoms with Crippen molar-refractivity contribution in [2.24, 2.45) is 0 Å². The second kappa shape index (κ2) is 2.04. The maximum atomic E-state index is 10.4. The fourth-order valence-electron chi connectivity index (χ4n) is 0.475. The summed E-state index contributed by atoms with van der Waals surface area (Å²) in [6.45, 7) is 1.62. The summed E-state index contributed by atoms with van der Waals surface area (Å²) in [4.78, 5) is 10.4. The molecule has 0 aromatic rings. The molecule has 4 heteroatoms. The van der Waals surface area contributed by atoms with Crippen LogP contribution in [0.5, 0.6) is 0 Å². The van der Waals surface area contributed by atoms with E-state index in [1.807, 2.05) is 0 Å². The van der Waals surface area contributed by atoms with E-state index in [0.29, 0.717) is 0 Å². The van der Waals surface area contributed by atoms with Crippen molar-refractivity contribution >= 4 is 17.9 Å². The van der Waals surface area contributed by atoms with Crippen LogP contribution in [0.4, 0.5) is 0 Å². The minimum absolute atomic E-state index is 0.844. The predicted octanol–water partition coefficient (Wildman–Crippen LogP) is 0.595. The highest BCUT2D eigenvalue weighted by molar-refractivity contribution is 8.00. The molecule has 1 heterocycles. The first-order chi connectivity index (χ1) is 4.15. The lowest BCUT2D eigenvalue weighted by Gasteiger charge is -2.14. The minimum atomic E-state index is -0.856. The fourth-order valence-corrected chi connectivity index (χ4v) is 1.28. The first-order valence-electron chi connectivity index (χ1n) is 2.49. The van der Waals surface area contributed by atoms with E-state index in [9.17, 15) is 4.79 Å². The standard InChI is InChI=1S/C5H7NO2S/c1-5(4(7)8)2-3-9-6-5/h2-3,6H,1H3,(H,7,8). The predicted molar refractivity (Wildman–Crippen MR) is 35.9 cm³/mol. The maximum absolute atomic E-state index is 10.4. The van der Waals surface area contributed by atoms with Gasteiger partial charge in [-0.1, -0.05) is 11.9 Å². The number of hydrogen-bond donors (Lipinski definition) is 2. The summed E-state index contributed by atoms with van der Waals surface area (Å²) in [5.74, 6) is -0.844. The molecule has 0 radical (unpaired) electrons. The Hall–Kier alpha value is -0.480. The van der Waals surface area contributed by atoms with Gasteiger partial charge in [0.05, 0.1) is 0 Å². The Morgan fingerprint density at radius 2 is 2.56 bits per heavy atom. The van der Waals surface area contributed by atoms with Crippen LogP contribution in [0, 0.1) is 0 Å². The lowest BCUT2D eigenvalue weighted by Crippen LogP contribution is -2.41. The van der Waals surface area contributed by atoms with Crippen molar-refractivity contribution in [3.8, 4) is 0 Å². The molecule has 1 aliphatic rings. The normalized spacial score (nSPS) is 33.0. The third kappa shape index (κ3) is 1.09. The van der Waals surface area contributed by atoms with Crippen molar-refractivity contribution in [1.29, 1.82) is 0 Å². The van der Waals surface area contributed by atoms with E-state index in [0.717, 1.165) is 0 Å². The average Bonchev–Trinajstić information content (AvgIpc) is 2.16. The Morgan fingerprint density at radius 1 is 1.89 bits per heavy atom. The van der Waals surface area contributed by atoms with Crippen LogP contribution < -0.4 is 4.72 Å². The van der Waals surface area contributed by atoms with Crippen LogP contribution in [0.15, 0.2) is 11.5 Å². The van der Waals surface area contributed by atoms with Gasteiger partial charge in [0.1, 0.15) is 5.54 Å². The van der Waals surface area contributed by atoms with E-state index in [1.54, 1.807) is 18.4 Å². The molecule has 0 amide bonds. The molecule has 0 saturated carbocycles. The summed E-state index contributed by atoms with van der Waals surface area (Å²) in [7, 11) is 0. The van der Waals surface area contributed by atoms with Gasteiger partial charge in [-0.05, 0) is 18.4 Å². The Labute approximate surface area is 57.3 Å². The third-order valence-corrected chi connectivity index (χ3v) is 2.00. The van der Waals surface area contributed by atoms with Crippen molar-refractivity contribution in [3.63, 3.8) is 0 Å². The number of nitrogens with one attached hydrogen (secondary N) is 1. The van der Waals surface area contributed by atoms with Crippen LogP contribution in [0.1, 0.15) is 6.92 Å². The molecule has 1 rings (SSSR count). The van der Waals surface area contributed by atoms with Gasteiger partial charge in [-0.25, -0.2) is 9.52 Å². The van der Waals surface area contributed by atoms with Gasteiger partial charge in [0.15, 0.2) is 0 Å². The second-order valence-corrected chi connectivity index (χ2v) is 2.74. The Morgan fingerprint density at radius 3 is 2.78 bits per heavy atom. The molecule has 1 atom stereocenters. The van der Waals surface area contributed by atoms with Gasteiger partial charge in [-0.15, -0.1) is 0 Å². The van der Waals surface area contributed by atoms with E-state index < -0.39 is 11.5 Å². The third-order valence-electron chi connectivity index (χ3n) is 1.18. The summed E-state index contributed by atoms with van der Waals surface area (Å²) < 4.78 is 2.74. The Bertz CT molecular complexity index is 168. The molecule has 0 spiro atoms. The van der Waals surface area contributed by atoms with Gasteiger partial charge in [0, 0.05) is 0 Å². The topological polar surface area (TPSA) is 49.3 Å². The molecule has 1 unspecified atom stereocenters. The van der Waals surface area contributed by atoms with Crippen LogP contribution in [-0.2, 0) is 4.79 Å². The molecule has 9 heavy (non-hydrogen) atoms. The van der Waals surface area contributed by atoms with Gasteiger partial charge < -0.3 is 5.11 Å². The number of rotatable bonds is 1. The van der Waals surface area contributed by atoms with Crippen LogP contribution in [0.2, 0.25) is 0 Å². The van der Waals surface area contributed by atoms with Crippen LogP contribution in [0.3, 0.4) is 0 Å². The largest absolute Gasteiger partial charge is 0.480 e. The molecule has 2 N–H and O–H groups in total.